The highest BCUT2D eigenvalue weighted by atomic mass is 19.4. The molecule has 1 aliphatic rings. The summed E-state index contributed by atoms with van der Waals surface area (Å²) in [5, 5.41) is 2.85. The zero-order chi connectivity index (χ0) is 17.9. The Bertz CT molecular complexity index is 754. The summed E-state index contributed by atoms with van der Waals surface area (Å²) in [6.07, 6.45) is -1.08. The molecule has 1 aliphatic carbocycles. The van der Waals surface area contributed by atoms with E-state index in [2.05, 4.69) is 10.1 Å². The normalized spacial score (nSPS) is 13.6. The molecule has 0 atom stereocenters. The van der Waals surface area contributed by atoms with Gasteiger partial charge in [-0.25, -0.2) is 0 Å². The summed E-state index contributed by atoms with van der Waals surface area (Å²) in [5.74, 6) is -0.249. The van der Waals surface area contributed by atoms with Gasteiger partial charge in [-0.15, -0.1) is 0 Å². The molecular weight excluding hydrogens is 331 g/mol. The number of amides is 1. The van der Waals surface area contributed by atoms with E-state index in [1.165, 1.54) is 11.1 Å². The Morgan fingerprint density at radius 2 is 1.76 bits per heavy atom. The van der Waals surface area contributed by atoms with Gasteiger partial charge in [0.2, 0.25) is 0 Å². The van der Waals surface area contributed by atoms with Gasteiger partial charge in [-0.3, -0.25) is 4.79 Å². The van der Waals surface area contributed by atoms with Crippen LogP contribution in [-0.4, -0.2) is 18.7 Å². The Hall–Kier alpha value is -2.34. The minimum absolute atomic E-state index is 0.147. The Balaban J connectivity index is 1.57. The monoisotopic (exact) mass is 349 g/mol. The lowest BCUT2D eigenvalue weighted by Crippen LogP contribution is -2.16. The van der Waals surface area contributed by atoms with Gasteiger partial charge in [0.05, 0.1) is 6.61 Å². The maximum absolute atomic E-state index is 12.3. The van der Waals surface area contributed by atoms with Gasteiger partial charge < -0.3 is 10.1 Å². The minimum Gasteiger partial charge on any atom is -0.367 e. The minimum atomic E-state index is -4.34. The van der Waals surface area contributed by atoms with Crippen LogP contribution in [0.15, 0.2) is 42.5 Å². The third kappa shape index (κ3) is 4.82. The van der Waals surface area contributed by atoms with Crippen molar-refractivity contribution < 1.29 is 22.7 Å². The van der Waals surface area contributed by atoms with Crippen molar-refractivity contribution in [2.45, 2.75) is 32.0 Å². The molecule has 0 aromatic heterocycles. The number of hydrogen-bond donors (Lipinski definition) is 1. The first-order valence-corrected chi connectivity index (χ1v) is 8.07. The zero-order valence-electron chi connectivity index (χ0n) is 13.5. The largest absolute Gasteiger partial charge is 0.411 e. The predicted molar refractivity (Wildman–Crippen MR) is 88.6 cm³/mol. The Kier molecular flexibility index (Phi) is 5.08. The molecule has 0 spiro atoms. The van der Waals surface area contributed by atoms with Crippen LogP contribution in [0.4, 0.5) is 18.9 Å². The summed E-state index contributed by atoms with van der Waals surface area (Å²) in [5.41, 5.74) is 4.39. The predicted octanol–water partition coefficient (Wildman–Crippen LogP) is 4.51. The van der Waals surface area contributed by atoms with E-state index in [9.17, 15) is 18.0 Å². The molecule has 0 aliphatic heterocycles. The molecule has 1 N–H and O–H groups in total. The third-order valence-electron chi connectivity index (χ3n) is 4.11. The number of hydrogen-bond acceptors (Lipinski definition) is 2. The van der Waals surface area contributed by atoms with Gasteiger partial charge in [0, 0.05) is 11.3 Å². The van der Waals surface area contributed by atoms with Crippen molar-refractivity contribution in [3.63, 3.8) is 0 Å². The van der Waals surface area contributed by atoms with E-state index >= 15 is 0 Å². The number of fused-ring (bicyclic) bond motifs is 1. The fourth-order valence-corrected chi connectivity index (χ4v) is 2.89. The van der Waals surface area contributed by atoms with Crippen LogP contribution in [0.3, 0.4) is 0 Å². The fourth-order valence-electron chi connectivity index (χ4n) is 2.89. The van der Waals surface area contributed by atoms with Gasteiger partial charge in [0.15, 0.2) is 0 Å². The highest BCUT2D eigenvalue weighted by molar-refractivity contribution is 6.04. The molecule has 0 unspecified atom stereocenters. The zero-order valence-corrected chi connectivity index (χ0v) is 13.5. The molecule has 25 heavy (non-hydrogen) atoms. The highest BCUT2D eigenvalue weighted by Crippen LogP contribution is 2.25. The molecule has 3 nitrogen and oxygen atoms in total. The second kappa shape index (κ2) is 7.27. The summed E-state index contributed by atoms with van der Waals surface area (Å²) in [6, 6.07) is 12.3. The molecule has 6 heteroatoms. The smallest absolute Gasteiger partial charge is 0.367 e. The van der Waals surface area contributed by atoms with Crippen molar-refractivity contribution in [2.24, 2.45) is 0 Å². The number of ether oxygens (including phenoxy) is 1. The third-order valence-corrected chi connectivity index (χ3v) is 4.11. The van der Waals surface area contributed by atoms with Gasteiger partial charge in [-0.2, -0.15) is 13.2 Å². The lowest BCUT2D eigenvalue weighted by Gasteiger charge is -2.09. The molecule has 0 saturated heterocycles. The summed E-state index contributed by atoms with van der Waals surface area (Å²) in [7, 11) is 0. The molecule has 132 valence electrons. The lowest BCUT2D eigenvalue weighted by molar-refractivity contribution is -0.176. The SMILES string of the molecule is O=C(Nc1ccc2c(c1)CCC2)c1ccc(COCC(F)(F)F)cc1. The van der Waals surface area contributed by atoms with E-state index in [4.69, 9.17) is 0 Å². The average Bonchev–Trinajstić information content (AvgIpc) is 3.02. The van der Waals surface area contributed by atoms with E-state index in [-0.39, 0.29) is 12.5 Å². The summed E-state index contributed by atoms with van der Waals surface area (Å²) >= 11 is 0. The van der Waals surface area contributed by atoms with Gasteiger partial charge in [0.1, 0.15) is 6.61 Å². The number of rotatable bonds is 5. The van der Waals surface area contributed by atoms with Crippen LogP contribution < -0.4 is 5.32 Å². The summed E-state index contributed by atoms with van der Waals surface area (Å²) in [4.78, 5) is 12.3. The van der Waals surface area contributed by atoms with Crippen molar-refractivity contribution in [1.82, 2.24) is 0 Å². The number of carbonyl (C=O) groups is 1. The number of alkyl halides is 3. The first-order valence-electron chi connectivity index (χ1n) is 8.07. The lowest BCUT2D eigenvalue weighted by atomic mass is 10.1. The van der Waals surface area contributed by atoms with Crippen LogP contribution in [0.5, 0.6) is 0 Å². The standard InChI is InChI=1S/C19H18F3NO2/c20-19(21,22)12-25-11-13-4-6-15(7-5-13)18(24)23-17-9-8-14-2-1-3-16(14)10-17/h4-10H,1-3,11-12H2,(H,23,24). The molecule has 0 heterocycles. The molecule has 0 fully saturated rings. The Labute approximate surface area is 143 Å². The fraction of sp³-hybridized carbons (Fsp3) is 0.316. The average molecular weight is 349 g/mol. The van der Waals surface area contributed by atoms with Gasteiger partial charge in [-0.1, -0.05) is 18.2 Å². The Morgan fingerprint density at radius 1 is 1.04 bits per heavy atom. The second-order valence-electron chi connectivity index (χ2n) is 6.10. The maximum Gasteiger partial charge on any atom is 0.411 e. The van der Waals surface area contributed by atoms with Crippen molar-refractivity contribution >= 4 is 11.6 Å². The maximum atomic E-state index is 12.3. The van der Waals surface area contributed by atoms with Gasteiger partial charge >= 0.3 is 6.18 Å². The van der Waals surface area contributed by atoms with E-state index in [1.807, 2.05) is 18.2 Å². The number of aryl methyl sites for hydroxylation is 2. The number of carbonyl (C=O) groups excluding carboxylic acids is 1. The highest BCUT2D eigenvalue weighted by Gasteiger charge is 2.27. The molecular formula is C19H18F3NO2. The van der Waals surface area contributed by atoms with Crippen molar-refractivity contribution in [1.29, 1.82) is 0 Å². The first-order chi connectivity index (χ1) is 11.9. The topological polar surface area (TPSA) is 38.3 Å². The van der Waals surface area contributed by atoms with E-state index < -0.39 is 12.8 Å². The molecule has 2 aromatic carbocycles. The van der Waals surface area contributed by atoms with Crippen LogP contribution in [0.25, 0.3) is 0 Å². The van der Waals surface area contributed by atoms with Crippen molar-refractivity contribution in [2.75, 3.05) is 11.9 Å². The summed E-state index contributed by atoms with van der Waals surface area (Å²) < 4.78 is 40.7. The van der Waals surface area contributed by atoms with E-state index in [1.54, 1.807) is 24.3 Å². The molecule has 2 aromatic rings. The van der Waals surface area contributed by atoms with Crippen LogP contribution in [0.2, 0.25) is 0 Å². The number of benzene rings is 2. The van der Waals surface area contributed by atoms with Gasteiger partial charge in [-0.05, 0) is 60.2 Å². The van der Waals surface area contributed by atoms with E-state index in [0.717, 1.165) is 24.9 Å². The second-order valence-corrected chi connectivity index (χ2v) is 6.10. The number of anilines is 1. The molecule has 0 radical (unpaired) electrons. The Morgan fingerprint density at radius 3 is 2.48 bits per heavy atom. The molecule has 0 saturated carbocycles. The molecule has 1 amide bonds. The van der Waals surface area contributed by atoms with Crippen LogP contribution in [0, 0.1) is 0 Å². The van der Waals surface area contributed by atoms with Crippen molar-refractivity contribution in [3.05, 3.63) is 64.7 Å². The molecule has 3 rings (SSSR count). The summed E-state index contributed by atoms with van der Waals surface area (Å²) in [6.45, 7) is -1.43. The van der Waals surface area contributed by atoms with Crippen molar-refractivity contribution in [3.8, 4) is 0 Å². The van der Waals surface area contributed by atoms with E-state index in [0.29, 0.717) is 11.1 Å². The van der Waals surface area contributed by atoms with Crippen LogP contribution >= 0.6 is 0 Å². The quantitative estimate of drug-likeness (QED) is 0.863. The first kappa shape index (κ1) is 17.5. The van der Waals surface area contributed by atoms with Crippen LogP contribution in [0.1, 0.15) is 33.5 Å². The number of nitrogens with one attached hydrogen (secondary N) is 1. The van der Waals surface area contributed by atoms with Crippen LogP contribution in [-0.2, 0) is 24.2 Å². The number of halogens is 3. The molecule has 0 bridgehead atoms. The van der Waals surface area contributed by atoms with Gasteiger partial charge in [0.25, 0.3) is 5.91 Å².